The number of alkyl carbamates (subject to hydrolysis) is 1. The lowest BCUT2D eigenvalue weighted by Gasteiger charge is -2.30. The van der Waals surface area contributed by atoms with Crippen molar-refractivity contribution in [3.05, 3.63) is 42.2 Å². The Morgan fingerprint density at radius 1 is 1.11 bits per heavy atom. The van der Waals surface area contributed by atoms with Crippen molar-refractivity contribution in [2.75, 3.05) is 6.54 Å². The monoisotopic (exact) mass is 673 g/mol. The van der Waals surface area contributed by atoms with Crippen LogP contribution in [0.3, 0.4) is 0 Å². The van der Waals surface area contributed by atoms with Gasteiger partial charge in [-0.05, 0) is 71.4 Å². The van der Waals surface area contributed by atoms with Crippen LogP contribution in [0.25, 0.3) is 0 Å². The van der Waals surface area contributed by atoms with Gasteiger partial charge in [-0.1, -0.05) is 25.0 Å². The standard InChI is InChI=1S/C32H43N5O9S/c1-31(2,3)46-30(42)34-24-12-8-6-4-5-7-11-21-17-32(21,29(41)36-47(43,44)23-13-14-23)35-26(38)25-16-22(19-37(25)27(24)39)45-28(40)20-10-9-15-33-18-20/h7,9-11,15,18,21-25H,4-6,8,12-14,16-17,19H2,1-3H3,(H,34,42)(H,35,38)(H,36,41)/t21-,22-,24+,25+,32-/m1/s1. The number of carbonyl (C=O) groups is 5. The van der Waals surface area contributed by atoms with Crippen LogP contribution in [0.15, 0.2) is 36.7 Å². The number of sulfonamides is 1. The van der Waals surface area contributed by atoms with Crippen molar-refractivity contribution >= 4 is 39.8 Å². The summed E-state index contributed by atoms with van der Waals surface area (Å²) < 4.78 is 38.6. The molecule has 0 spiro atoms. The number of carbonyl (C=O) groups excluding carboxylic acids is 5. The van der Waals surface area contributed by atoms with Crippen LogP contribution < -0.4 is 15.4 Å². The Morgan fingerprint density at radius 3 is 2.55 bits per heavy atom. The third-order valence-electron chi connectivity index (χ3n) is 8.70. The quantitative estimate of drug-likeness (QED) is 0.298. The van der Waals surface area contributed by atoms with Gasteiger partial charge < -0.3 is 25.0 Å². The van der Waals surface area contributed by atoms with Gasteiger partial charge in [-0.2, -0.15) is 0 Å². The Bertz CT molecular complexity index is 1520. The number of fused-ring (bicyclic) bond motifs is 2. The lowest BCUT2D eigenvalue weighted by Crippen LogP contribution is -2.58. The van der Waals surface area contributed by atoms with E-state index in [2.05, 4.69) is 20.3 Å². The maximum Gasteiger partial charge on any atom is 0.408 e. The zero-order valence-electron chi connectivity index (χ0n) is 26.9. The molecule has 3 fully saturated rings. The fourth-order valence-electron chi connectivity index (χ4n) is 6.00. The number of allylic oxidation sites excluding steroid dienone is 1. The van der Waals surface area contributed by atoms with Crippen molar-refractivity contribution in [1.29, 1.82) is 0 Å². The number of amides is 4. The van der Waals surface area contributed by atoms with Gasteiger partial charge in [0.2, 0.25) is 21.8 Å². The highest BCUT2D eigenvalue weighted by Crippen LogP contribution is 2.46. The van der Waals surface area contributed by atoms with E-state index in [0.717, 1.165) is 12.8 Å². The van der Waals surface area contributed by atoms with Crippen molar-refractivity contribution in [1.82, 2.24) is 25.2 Å². The van der Waals surface area contributed by atoms with E-state index < -0.39 is 80.3 Å². The van der Waals surface area contributed by atoms with Crippen LogP contribution in [-0.4, -0.2) is 89.2 Å². The molecule has 0 radical (unpaired) electrons. The maximum atomic E-state index is 14.1. The molecule has 4 aliphatic rings. The second-order valence-electron chi connectivity index (χ2n) is 13.7. The molecule has 3 N–H and O–H groups in total. The molecule has 3 heterocycles. The molecule has 14 nitrogen and oxygen atoms in total. The van der Waals surface area contributed by atoms with Crippen molar-refractivity contribution < 1.29 is 41.9 Å². The molecule has 2 aliphatic heterocycles. The Hall–Kier alpha value is -4.01. The molecule has 0 unspecified atom stereocenters. The fraction of sp³-hybridized carbons (Fsp3) is 0.625. The smallest absolute Gasteiger partial charge is 0.408 e. The van der Waals surface area contributed by atoms with Gasteiger partial charge in [0.05, 0.1) is 17.4 Å². The molecule has 2 saturated carbocycles. The van der Waals surface area contributed by atoms with Crippen molar-refractivity contribution in [3.8, 4) is 0 Å². The van der Waals surface area contributed by atoms with E-state index in [0.29, 0.717) is 25.7 Å². The van der Waals surface area contributed by atoms with Crippen LogP contribution in [0.5, 0.6) is 0 Å². The van der Waals surface area contributed by atoms with Crippen LogP contribution in [0, 0.1) is 5.92 Å². The van der Waals surface area contributed by atoms with Crippen LogP contribution in [-0.2, 0) is 33.9 Å². The van der Waals surface area contributed by atoms with Gasteiger partial charge >= 0.3 is 12.1 Å². The van der Waals surface area contributed by atoms with Crippen molar-refractivity contribution in [2.45, 2.75) is 113 Å². The number of ether oxygens (including phenoxy) is 2. The highest BCUT2D eigenvalue weighted by molar-refractivity contribution is 7.91. The van der Waals surface area contributed by atoms with E-state index in [-0.39, 0.29) is 31.4 Å². The zero-order chi connectivity index (χ0) is 34.0. The van der Waals surface area contributed by atoms with Crippen LogP contribution in [0.1, 0.15) is 88.9 Å². The van der Waals surface area contributed by atoms with Crippen LogP contribution >= 0.6 is 0 Å². The number of pyridine rings is 1. The first kappa shape index (κ1) is 34.3. The molecule has 0 aromatic carbocycles. The summed E-state index contributed by atoms with van der Waals surface area (Å²) in [5.41, 5.74) is -2.15. The van der Waals surface area contributed by atoms with Gasteiger partial charge in [0, 0.05) is 24.7 Å². The molecule has 0 bridgehead atoms. The molecule has 1 aromatic rings. The van der Waals surface area contributed by atoms with Gasteiger partial charge in [-0.25, -0.2) is 18.0 Å². The number of nitrogens with zero attached hydrogens (tertiary/aromatic N) is 2. The van der Waals surface area contributed by atoms with Gasteiger partial charge in [0.15, 0.2) is 0 Å². The van der Waals surface area contributed by atoms with Gasteiger partial charge in [-0.3, -0.25) is 24.1 Å². The number of esters is 1. The predicted octanol–water partition coefficient (Wildman–Crippen LogP) is 2.10. The number of rotatable bonds is 6. The molecule has 15 heteroatoms. The number of aromatic nitrogens is 1. The number of hydrogen-bond acceptors (Lipinski definition) is 10. The van der Waals surface area contributed by atoms with E-state index in [9.17, 15) is 32.4 Å². The van der Waals surface area contributed by atoms with Crippen LogP contribution in [0.2, 0.25) is 0 Å². The number of hydrogen-bond donors (Lipinski definition) is 3. The van der Waals surface area contributed by atoms with E-state index >= 15 is 0 Å². The second-order valence-corrected chi connectivity index (χ2v) is 15.7. The molecule has 1 aromatic heterocycles. The van der Waals surface area contributed by atoms with Gasteiger partial charge in [-0.15, -0.1) is 0 Å². The highest BCUT2D eigenvalue weighted by atomic mass is 32.2. The molecule has 1 saturated heterocycles. The fourth-order valence-corrected chi connectivity index (χ4v) is 7.36. The lowest BCUT2D eigenvalue weighted by molar-refractivity contribution is -0.141. The number of nitrogens with one attached hydrogen (secondary N) is 3. The topological polar surface area (TPSA) is 190 Å². The van der Waals surface area contributed by atoms with Gasteiger partial charge in [0.1, 0.15) is 29.3 Å². The summed E-state index contributed by atoms with van der Waals surface area (Å²) in [7, 11) is -3.89. The molecule has 256 valence electrons. The largest absolute Gasteiger partial charge is 0.457 e. The average molecular weight is 674 g/mol. The summed E-state index contributed by atoms with van der Waals surface area (Å²) in [5, 5.41) is 4.81. The summed E-state index contributed by atoms with van der Waals surface area (Å²) in [4.78, 5) is 72.6. The Kier molecular flexibility index (Phi) is 9.94. The molecule has 47 heavy (non-hydrogen) atoms. The maximum absolute atomic E-state index is 14.1. The summed E-state index contributed by atoms with van der Waals surface area (Å²) in [6, 6.07) is 0.884. The minimum absolute atomic E-state index is 0.0820. The SMILES string of the molecule is CC(C)(C)OC(=O)N[C@H]1CCCCCC=C[C@@H]2C[C@@]2(C(=O)NS(=O)(=O)C2CC2)NC(=O)[C@@H]2C[C@@H](OC(=O)c3cccnc3)CN2C1=O. The first-order valence-electron chi connectivity index (χ1n) is 16.1. The van der Waals surface area contributed by atoms with Crippen molar-refractivity contribution in [3.63, 3.8) is 0 Å². The Balaban J connectivity index is 1.42. The van der Waals surface area contributed by atoms with E-state index in [1.807, 2.05) is 12.2 Å². The minimum Gasteiger partial charge on any atom is -0.457 e. The van der Waals surface area contributed by atoms with Crippen molar-refractivity contribution in [2.24, 2.45) is 5.92 Å². The third-order valence-corrected chi connectivity index (χ3v) is 10.5. The first-order valence-corrected chi connectivity index (χ1v) is 17.7. The molecular weight excluding hydrogens is 630 g/mol. The van der Waals surface area contributed by atoms with Crippen LogP contribution in [0.4, 0.5) is 4.79 Å². The normalized spacial score (nSPS) is 28.4. The molecule has 5 atom stereocenters. The Labute approximate surface area is 274 Å². The molecule has 4 amide bonds. The second kappa shape index (κ2) is 13.6. The predicted molar refractivity (Wildman–Crippen MR) is 168 cm³/mol. The van der Waals surface area contributed by atoms with E-state index in [1.54, 1.807) is 26.8 Å². The third kappa shape index (κ3) is 8.48. The Morgan fingerprint density at radius 2 is 1.87 bits per heavy atom. The molecule has 2 aliphatic carbocycles. The summed E-state index contributed by atoms with van der Waals surface area (Å²) in [5.74, 6) is -3.21. The molecular formula is C32H43N5O9S. The first-order chi connectivity index (χ1) is 22.2. The lowest BCUT2D eigenvalue weighted by atomic mass is 10.0. The average Bonchev–Trinajstić information content (AvgIpc) is 3.92. The van der Waals surface area contributed by atoms with E-state index in [4.69, 9.17) is 9.47 Å². The summed E-state index contributed by atoms with van der Waals surface area (Å²) >= 11 is 0. The van der Waals surface area contributed by atoms with E-state index in [1.165, 1.54) is 23.4 Å². The highest BCUT2D eigenvalue weighted by Gasteiger charge is 2.62. The summed E-state index contributed by atoms with van der Waals surface area (Å²) in [6.07, 6.45) is 9.01. The van der Waals surface area contributed by atoms with Gasteiger partial charge in [0.25, 0.3) is 5.91 Å². The summed E-state index contributed by atoms with van der Waals surface area (Å²) in [6.45, 7) is 4.96. The zero-order valence-corrected chi connectivity index (χ0v) is 27.7. The minimum atomic E-state index is -3.89. The molecule has 5 rings (SSSR count).